The summed E-state index contributed by atoms with van der Waals surface area (Å²) in [4.78, 5) is 2.65. The second-order valence-electron chi connectivity index (χ2n) is 7.73. The number of rotatable bonds is 7. The topological polar surface area (TPSA) is 38.5 Å². The van der Waals surface area contributed by atoms with Gasteiger partial charge in [-0.2, -0.15) is 0 Å². The number of nitrogens with zero attached hydrogens (tertiary/aromatic N) is 1. The first kappa shape index (κ1) is 17.9. The number of hydrogen-bond acceptors (Lipinski definition) is 3. The first-order valence-corrected chi connectivity index (χ1v) is 8.26. The van der Waals surface area contributed by atoms with Crippen LogP contribution < -0.4 is 5.73 Å². The molecule has 2 N–H and O–H groups in total. The van der Waals surface area contributed by atoms with E-state index >= 15 is 0 Å². The monoisotopic (exact) mass is 284 g/mol. The van der Waals surface area contributed by atoms with Crippen LogP contribution in [0.4, 0.5) is 0 Å². The van der Waals surface area contributed by atoms with Crippen LogP contribution in [-0.2, 0) is 4.74 Å². The van der Waals surface area contributed by atoms with Crippen molar-refractivity contribution in [1.29, 1.82) is 0 Å². The fourth-order valence-corrected chi connectivity index (χ4v) is 4.53. The Morgan fingerprint density at radius 3 is 2.45 bits per heavy atom. The van der Waals surface area contributed by atoms with Crippen molar-refractivity contribution in [3.63, 3.8) is 0 Å². The van der Waals surface area contributed by atoms with Crippen molar-refractivity contribution in [1.82, 2.24) is 4.90 Å². The van der Waals surface area contributed by atoms with E-state index in [9.17, 15) is 0 Å². The molecule has 20 heavy (non-hydrogen) atoms. The summed E-state index contributed by atoms with van der Waals surface area (Å²) in [5.74, 6) is 0.747. The van der Waals surface area contributed by atoms with Gasteiger partial charge in [0.15, 0.2) is 0 Å². The van der Waals surface area contributed by atoms with Gasteiger partial charge in [0.1, 0.15) is 0 Å². The smallest absolute Gasteiger partial charge is 0.0590 e. The summed E-state index contributed by atoms with van der Waals surface area (Å²) in [6, 6.07) is 0.565. The van der Waals surface area contributed by atoms with Gasteiger partial charge in [0, 0.05) is 31.8 Å². The summed E-state index contributed by atoms with van der Waals surface area (Å²) in [7, 11) is 1.79. The highest BCUT2D eigenvalue weighted by Gasteiger charge is 2.46. The zero-order valence-electron chi connectivity index (χ0n) is 14.5. The highest BCUT2D eigenvalue weighted by atomic mass is 16.5. The van der Waals surface area contributed by atoms with Gasteiger partial charge in [-0.3, -0.25) is 4.90 Å². The zero-order valence-corrected chi connectivity index (χ0v) is 14.5. The van der Waals surface area contributed by atoms with Crippen LogP contribution in [0.2, 0.25) is 0 Å². The standard InChI is InChI=1S/C17H36N2O/c1-7-15(3)19(8-9-20-6)17(13-18)11-14(2)10-16(4,5)12-17/h14-15H,7-13,18H2,1-6H3. The average Bonchev–Trinajstić information content (AvgIpc) is 2.36. The fraction of sp³-hybridized carbons (Fsp3) is 1.00. The second kappa shape index (κ2) is 7.24. The van der Waals surface area contributed by atoms with Crippen LogP contribution in [0.25, 0.3) is 0 Å². The van der Waals surface area contributed by atoms with E-state index in [1.807, 2.05) is 0 Å². The van der Waals surface area contributed by atoms with Gasteiger partial charge in [0.05, 0.1) is 6.61 Å². The maximum atomic E-state index is 6.30. The van der Waals surface area contributed by atoms with E-state index in [4.69, 9.17) is 10.5 Å². The Bertz CT molecular complexity index is 293. The first-order valence-electron chi connectivity index (χ1n) is 8.26. The SMILES string of the molecule is CCC(C)N(CCOC)C1(CN)CC(C)CC(C)(C)C1. The number of ether oxygens (including phenoxy) is 1. The van der Waals surface area contributed by atoms with Gasteiger partial charge in [-0.15, -0.1) is 0 Å². The van der Waals surface area contributed by atoms with Crippen LogP contribution in [0.3, 0.4) is 0 Å². The van der Waals surface area contributed by atoms with Crippen molar-refractivity contribution in [2.45, 2.75) is 71.9 Å². The average molecular weight is 284 g/mol. The van der Waals surface area contributed by atoms with Crippen molar-refractivity contribution in [2.24, 2.45) is 17.1 Å². The van der Waals surface area contributed by atoms with E-state index in [1.54, 1.807) is 7.11 Å². The van der Waals surface area contributed by atoms with Crippen molar-refractivity contribution >= 4 is 0 Å². The molecule has 1 fully saturated rings. The van der Waals surface area contributed by atoms with Crippen LogP contribution >= 0.6 is 0 Å². The second-order valence-corrected chi connectivity index (χ2v) is 7.73. The quantitative estimate of drug-likeness (QED) is 0.780. The van der Waals surface area contributed by atoms with Crippen molar-refractivity contribution < 1.29 is 4.74 Å². The normalized spacial score (nSPS) is 31.5. The van der Waals surface area contributed by atoms with Crippen LogP contribution in [0, 0.1) is 11.3 Å². The van der Waals surface area contributed by atoms with E-state index in [0.717, 1.165) is 25.6 Å². The molecule has 3 heteroatoms. The van der Waals surface area contributed by atoms with E-state index in [-0.39, 0.29) is 5.54 Å². The van der Waals surface area contributed by atoms with E-state index < -0.39 is 0 Å². The van der Waals surface area contributed by atoms with Gasteiger partial charge >= 0.3 is 0 Å². The molecule has 0 aromatic heterocycles. The molecule has 0 aromatic carbocycles. The molecule has 3 nitrogen and oxygen atoms in total. The summed E-state index contributed by atoms with van der Waals surface area (Å²) in [5, 5.41) is 0. The number of nitrogens with two attached hydrogens (primary N) is 1. The minimum absolute atomic E-state index is 0.148. The number of hydrogen-bond donors (Lipinski definition) is 1. The predicted octanol–water partition coefficient (Wildman–Crippen LogP) is 3.28. The molecule has 1 saturated carbocycles. The fourth-order valence-electron chi connectivity index (χ4n) is 4.53. The third-order valence-corrected chi connectivity index (χ3v) is 5.09. The maximum Gasteiger partial charge on any atom is 0.0590 e. The van der Waals surface area contributed by atoms with Crippen LogP contribution in [0.15, 0.2) is 0 Å². The lowest BCUT2D eigenvalue weighted by Crippen LogP contribution is -2.62. The zero-order chi connectivity index (χ0) is 15.4. The Labute approximate surface area is 126 Å². The molecule has 0 heterocycles. The molecule has 0 saturated heterocycles. The molecule has 3 unspecified atom stereocenters. The summed E-state index contributed by atoms with van der Waals surface area (Å²) in [5.41, 5.74) is 6.84. The molecule has 1 aliphatic carbocycles. The van der Waals surface area contributed by atoms with Gasteiger partial charge in [-0.05, 0) is 43.9 Å². The highest BCUT2D eigenvalue weighted by Crippen LogP contribution is 2.46. The van der Waals surface area contributed by atoms with Gasteiger partial charge in [0.2, 0.25) is 0 Å². The molecule has 0 bridgehead atoms. The molecule has 0 aliphatic heterocycles. The Balaban J connectivity index is 3.02. The summed E-state index contributed by atoms with van der Waals surface area (Å²) in [6.07, 6.45) is 4.91. The third kappa shape index (κ3) is 4.19. The van der Waals surface area contributed by atoms with Crippen molar-refractivity contribution in [2.75, 3.05) is 26.8 Å². The maximum absolute atomic E-state index is 6.30. The van der Waals surface area contributed by atoms with Gasteiger partial charge < -0.3 is 10.5 Å². The van der Waals surface area contributed by atoms with Crippen LogP contribution in [0.1, 0.15) is 60.3 Å². The summed E-state index contributed by atoms with van der Waals surface area (Å²) in [6.45, 7) is 14.3. The molecule has 0 spiro atoms. The van der Waals surface area contributed by atoms with Crippen LogP contribution in [-0.4, -0.2) is 43.3 Å². The lowest BCUT2D eigenvalue weighted by Gasteiger charge is -2.54. The van der Waals surface area contributed by atoms with Crippen molar-refractivity contribution in [3.8, 4) is 0 Å². The Hall–Kier alpha value is -0.120. The molecular formula is C17H36N2O. The first-order chi connectivity index (χ1) is 9.30. The van der Waals surface area contributed by atoms with Gasteiger partial charge in [-0.25, -0.2) is 0 Å². The van der Waals surface area contributed by atoms with E-state index in [1.165, 1.54) is 25.7 Å². The molecule has 120 valence electrons. The molecule has 0 radical (unpaired) electrons. The largest absolute Gasteiger partial charge is 0.383 e. The minimum atomic E-state index is 0.148. The molecule has 1 aliphatic rings. The molecule has 0 aromatic rings. The molecular weight excluding hydrogens is 248 g/mol. The molecule has 1 rings (SSSR count). The Morgan fingerprint density at radius 2 is 2.00 bits per heavy atom. The molecule has 0 amide bonds. The van der Waals surface area contributed by atoms with Gasteiger partial charge in [-0.1, -0.05) is 27.7 Å². The predicted molar refractivity (Wildman–Crippen MR) is 86.9 cm³/mol. The third-order valence-electron chi connectivity index (χ3n) is 5.09. The van der Waals surface area contributed by atoms with Crippen LogP contribution in [0.5, 0.6) is 0 Å². The lowest BCUT2D eigenvalue weighted by molar-refractivity contribution is -0.0432. The summed E-state index contributed by atoms with van der Waals surface area (Å²) >= 11 is 0. The Morgan fingerprint density at radius 1 is 1.35 bits per heavy atom. The highest BCUT2D eigenvalue weighted by molar-refractivity contribution is 5.02. The lowest BCUT2D eigenvalue weighted by atomic mass is 9.63. The van der Waals surface area contributed by atoms with E-state index in [0.29, 0.717) is 11.5 Å². The van der Waals surface area contributed by atoms with Gasteiger partial charge in [0.25, 0.3) is 0 Å². The van der Waals surface area contributed by atoms with Crippen molar-refractivity contribution in [3.05, 3.63) is 0 Å². The molecule has 3 atom stereocenters. The summed E-state index contributed by atoms with van der Waals surface area (Å²) < 4.78 is 5.34. The Kier molecular flexibility index (Phi) is 6.49. The van der Waals surface area contributed by atoms with E-state index in [2.05, 4.69) is 39.5 Å². The minimum Gasteiger partial charge on any atom is -0.383 e. The number of methoxy groups -OCH3 is 1.